The molecule has 22 heavy (non-hydrogen) atoms. The Labute approximate surface area is 134 Å². The lowest BCUT2D eigenvalue weighted by molar-refractivity contribution is -0.125. The highest BCUT2D eigenvalue weighted by molar-refractivity contribution is 6.09. The highest BCUT2D eigenvalue weighted by Crippen LogP contribution is 2.77. The summed E-state index contributed by atoms with van der Waals surface area (Å²) in [5, 5.41) is 0. The Kier molecular flexibility index (Phi) is 3.06. The van der Waals surface area contributed by atoms with Crippen molar-refractivity contribution in [3.63, 3.8) is 0 Å². The lowest BCUT2D eigenvalue weighted by Crippen LogP contribution is -2.44. The molecule has 1 aromatic carbocycles. The van der Waals surface area contributed by atoms with E-state index in [1.807, 2.05) is 18.2 Å². The second-order valence-corrected chi connectivity index (χ2v) is 8.91. The van der Waals surface area contributed by atoms with Gasteiger partial charge in [-0.3, -0.25) is 4.79 Å². The van der Waals surface area contributed by atoms with E-state index in [9.17, 15) is 4.79 Å². The minimum atomic E-state index is -0.221. The fourth-order valence-corrected chi connectivity index (χ4v) is 5.51. The highest BCUT2D eigenvalue weighted by atomic mass is 16.1. The standard InChI is InChI=1S/C21H28O/c1-18(2,3)21-13-12-20(6,19(21,4)5)17(22)16(21)14-15-10-8-7-9-11-15/h7-11,14H,12-13H2,1-6H3. The van der Waals surface area contributed by atoms with Crippen molar-refractivity contribution < 1.29 is 4.79 Å². The van der Waals surface area contributed by atoms with Crippen LogP contribution in [0.1, 0.15) is 59.9 Å². The Morgan fingerprint density at radius 3 is 2.14 bits per heavy atom. The summed E-state index contributed by atoms with van der Waals surface area (Å²) in [6.45, 7) is 13.7. The summed E-state index contributed by atoms with van der Waals surface area (Å²) in [7, 11) is 0. The van der Waals surface area contributed by atoms with Crippen molar-refractivity contribution in [3.05, 3.63) is 41.5 Å². The molecule has 2 bridgehead atoms. The molecule has 3 rings (SSSR count). The lowest BCUT2D eigenvalue weighted by atomic mass is 9.53. The fourth-order valence-electron chi connectivity index (χ4n) is 5.51. The van der Waals surface area contributed by atoms with Crippen LogP contribution >= 0.6 is 0 Å². The van der Waals surface area contributed by atoms with Gasteiger partial charge in [0.1, 0.15) is 0 Å². The Balaban J connectivity index is 2.27. The maximum absolute atomic E-state index is 13.3. The molecular formula is C21H28O. The highest BCUT2D eigenvalue weighted by Gasteiger charge is 2.74. The van der Waals surface area contributed by atoms with Crippen molar-refractivity contribution >= 4 is 11.9 Å². The first-order chi connectivity index (χ1) is 10.1. The number of ketones is 1. The molecular weight excluding hydrogens is 268 g/mol. The first-order valence-corrected chi connectivity index (χ1v) is 8.40. The predicted molar refractivity (Wildman–Crippen MR) is 92.4 cm³/mol. The minimum absolute atomic E-state index is 0.00402. The van der Waals surface area contributed by atoms with Gasteiger partial charge in [-0.1, -0.05) is 71.9 Å². The van der Waals surface area contributed by atoms with Crippen molar-refractivity contribution in [1.29, 1.82) is 0 Å². The summed E-state index contributed by atoms with van der Waals surface area (Å²) in [6.07, 6.45) is 4.30. The molecule has 0 amide bonds. The van der Waals surface area contributed by atoms with Crippen LogP contribution in [0.4, 0.5) is 0 Å². The van der Waals surface area contributed by atoms with E-state index in [1.54, 1.807) is 0 Å². The van der Waals surface area contributed by atoms with E-state index < -0.39 is 0 Å². The molecule has 0 N–H and O–H groups in total. The molecule has 1 nitrogen and oxygen atoms in total. The largest absolute Gasteiger partial charge is 0.294 e. The van der Waals surface area contributed by atoms with E-state index in [0.29, 0.717) is 5.78 Å². The Bertz CT molecular complexity index is 644. The third-order valence-electron chi connectivity index (χ3n) is 7.04. The molecule has 2 saturated carbocycles. The molecule has 0 saturated heterocycles. The van der Waals surface area contributed by atoms with Crippen LogP contribution in [0.2, 0.25) is 0 Å². The molecule has 2 unspecified atom stereocenters. The Hall–Kier alpha value is -1.37. The number of Topliss-reactive ketones (excluding diaryl/α,β-unsaturated/α-hetero) is 1. The monoisotopic (exact) mass is 296 g/mol. The van der Waals surface area contributed by atoms with Gasteiger partial charge in [0, 0.05) is 16.4 Å². The number of carbonyl (C=O) groups is 1. The number of carbonyl (C=O) groups excluding carboxylic acids is 1. The smallest absolute Gasteiger partial charge is 0.165 e. The number of fused-ring (bicyclic) bond motifs is 2. The van der Waals surface area contributed by atoms with Crippen molar-refractivity contribution in [2.45, 2.75) is 54.4 Å². The normalized spacial score (nSPS) is 35.4. The molecule has 2 fully saturated rings. The maximum atomic E-state index is 13.3. The van der Waals surface area contributed by atoms with E-state index in [0.717, 1.165) is 24.0 Å². The average Bonchev–Trinajstić information content (AvgIpc) is 2.71. The zero-order valence-corrected chi connectivity index (χ0v) is 14.8. The molecule has 2 aliphatic rings. The number of hydrogen-bond donors (Lipinski definition) is 0. The summed E-state index contributed by atoms with van der Waals surface area (Å²) in [5.41, 5.74) is 2.01. The van der Waals surface area contributed by atoms with Gasteiger partial charge in [0.25, 0.3) is 0 Å². The SMILES string of the molecule is CC(C)(C)C12CCC(C)(C(=O)C1=Cc1ccccc1)C2(C)C. The van der Waals surface area contributed by atoms with E-state index in [4.69, 9.17) is 0 Å². The molecule has 0 aromatic heterocycles. The summed E-state index contributed by atoms with van der Waals surface area (Å²) >= 11 is 0. The maximum Gasteiger partial charge on any atom is 0.165 e. The summed E-state index contributed by atoms with van der Waals surface area (Å²) < 4.78 is 0. The van der Waals surface area contributed by atoms with Gasteiger partial charge in [0.15, 0.2) is 5.78 Å². The molecule has 118 valence electrons. The molecule has 0 heterocycles. The van der Waals surface area contributed by atoms with Crippen LogP contribution in [0.15, 0.2) is 35.9 Å². The first-order valence-electron chi connectivity index (χ1n) is 8.40. The van der Waals surface area contributed by atoms with E-state index in [-0.39, 0.29) is 21.7 Å². The number of rotatable bonds is 1. The Morgan fingerprint density at radius 2 is 1.59 bits per heavy atom. The van der Waals surface area contributed by atoms with Crippen molar-refractivity contribution in [1.82, 2.24) is 0 Å². The molecule has 1 heteroatoms. The minimum Gasteiger partial charge on any atom is -0.294 e. The van der Waals surface area contributed by atoms with Gasteiger partial charge >= 0.3 is 0 Å². The van der Waals surface area contributed by atoms with E-state index in [1.165, 1.54) is 0 Å². The summed E-state index contributed by atoms with van der Waals surface area (Å²) in [4.78, 5) is 13.3. The quantitative estimate of drug-likeness (QED) is 0.624. The van der Waals surface area contributed by atoms with Gasteiger partial charge in [-0.25, -0.2) is 0 Å². The Morgan fingerprint density at radius 1 is 1.00 bits per heavy atom. The van der Waals surface area contributed by atoms with E-state index >= 15 is 0 Å². The topological polar surface area (TPSA) is 17.1 Å². The van der Waals surface area contributed by atoms with Crippen LogP contribution in [-0.4, -0.2) is 5.78 Å². The number of allylic oxidation sites excluding steroid dienone is 1. The van der Waals surface area contributed by atoms with Gasteiger partial charge in [-0.2, -0.15) is 0 Å². The number of benzene rings is 1. The van der Waals surface area contributed by atoms with Gasteiger partial charge in [0.05, 0.1) is 0 Å². The van der Waals surface area contributed by atoms with Crippen LogP contribution in [0.25, 0.3) is 6.08 Å². The van der Waals surface area contributed by atoms with Gasteiger partial charge < -0.3 is 0 Å². The van der Waals surface area contributed by atoms with Crippen LogP contribution < -0.4 is 0 Å². The summed E-state index contributed by atoms with van der Waals surface area (Å²) in [6, 6.07) is 10.3. The van der Waals surface area contributed by atoms with Crippen LogP contribution in [0.3, 0.4) is 0 Å². The molecule has 1 aromatic rings. The van der Waals surface area contributed by atoms with Gasteiger partial charge in [0.2, 0.25) is 0 Å². The van der Waals surface area contributed by atoms with Crippen LogP contribution in [0.5, 0.6) is 0 Å². The van der Waals surface area contributed by atoms with Gasteiger partial charge in [-0.05, 0) is 35.3 Å². The second kappa shape index (κ2) is 4.34. The molecule has 2 aliphatic carbocycles. The molecule has 2 atom stereocenters. The first kappa shape index (κ1) is 15.5. The van der Waals surface area contributed by atoms with Crippen molar-refractivity contribution in [2.24, 2.45) is 21.7 Å². The van der Waals surface area contributed by atoms with Crippen LogP contribution in [0, 0.1) is 21.7 Å². The third-order valence-corrected chi connectivity index (χ3v) is 7.04. The third kappa shape index (κ3) is 1.58. The summed E-state index contributed by atoms with van der Waals surface area (Å²) in [5.74, 6) is 0.377. The number of hydrogen-bond acceptors (Lipinski definition) is 1. The second-order valence-electron chi connectivity index (χ2n) is 8.91. The van der Waals surface area contributed by atoms with Crippen molar-refractivity contribution in [2.75, 3.05) is 0 Å². The molecule has 0 radical (unpaired) electrons. The molecule has 0 spiro atoms. The van der Waals surface area contributed by atoms with Crippen LogP contribution in [-0.2, 0) is 4.79 Å². The van der Waals surface area contributed by atoms with E-state index in [2.05, 4.69) is 59.8 Å². The zero-order valence-electron chi connectivity index (χ0n) is 14.8. The predicted octanol–water partition coefficient (Wildman–Crippen LogP) is 5.51. The van der Waals surface area contributed by atoms with Crippen molar-refractivity contribution in [3.8, 4) is 0 Å². The zero-order chi connectivity index (χ0) is 16.4. The lowest BCUT2D eigenvalue weighted by Gasteiger charge is -2.49. The average molecular weight is 296 g/mol. The fraction of sp³-hybridized carbons (Fsp3) is 0.571. The van der Waals surface area contributed by atoms with Gasteiger partial charge in [-0.15, -0.1) is 0 Å². The molecule has 0 aliphatic heterocycles.